The molecular weight excluding hydrogens is 402 g/mol. The summed E-state index contributed by atoms with van der Waals surface area (Å²) in [4.78, 5) is 18.8. The van der Waals surface area contributed by atoms with Gasteiger partial charge < -0.3 is 10.1 Å². The summed E-state index contributed by atoms with van der Waals surface area (Å²) in [5.74, 6) is 0.587. The van der Waals surface area contributed by atoms with Gasteiger partial charge in [-0.05, 0) is 61.5 Å². The lowest BCUT2D eigenvalue weighted by molar-refractivity contribution is -0.113. The molecule has 0 radical (unpaired) electrons. The molecule has 1 amide bonds. The fourth-order valence-electron chi connectivity index (χ4n) is 3.03. The summed E-state index contributed by atoms with van der Waals surface area (Å²) in [7, 11) is 0. The van der Waals surface area contributed by atoms with Crippen LogP contribution in [0.2, 0.25) is 0 Å². The predicted molar refractivity (Wildman–Crippen MR) is 120 cm³/mol. The first-order valence-corrected chi connectivity index (χ1v) is 10.4. The van der Waals surface area contributed by atoms with E-state index in [0.29, 0.717) is 17.4 Å². The van der Waals surface area contributed by atoms with Crippen molar-refractivity contribution < 1.29 is 9.53 Å². The van der Waals surface area contributed by atoms with E-state index in [1.165, 1.54) is 4.90 Å². The summed E-state index contributed by atoms with van der Waals surface area (Å²) < 4.78 is 5.77. The Balaban J connectivity index is 1.47. The number of amides is 1. The third kappa shape index (κ3) is 4.21. The van der Waals surface area contributed by atoms with Gasteiger partial charge in [0.05, 0.1) is 16.4 Å². The molecule has 0 atom stereocenters. The molecular formula is C22H19N3O2S2. The lowest BCUT2D eigenvalue weighted by Gasteiger charge is -2.16. The van der Waals surface area contributed by atoms with Crippen molar-refractivity contribution in [2.45, 2.75) is 20.5 Å². The number of aromatic nitrogens is 1. The van der Waals surface area contributed by atoms with Gasteiger partial charge in [0.2, 0.25) is 0 Å². The molecule has 1 aliphatic rings. The maximum absolute atomic E-state index is 12.9. The summed E-state index contributed by atoms with van der Waals surface area (Å²) >= 11 is 6.99. The second-order valence-electron chi connectivity index (χ2n) is 6.63. The number of nitrogens with one attached hydrogen (secondary N) is 1. The highest BCUT2D eigenvalue weighted by Gasteiger charge is 2.32. The third-order valence-corrected chi connectivity index (χ3v) is 5.59. The summed E-state index contributed by atoms with van der Waals surface area (Å²) in [5.41, 5.74) is 4.03. The molecule has 146 valence electrons. The van der Waals surface area contributed by atoms with Gasteiger partial charge in [-0.2, -0.15) is 0 Å². The molecule has 2 heterocycles. The van der Waals surface area contributed by atoms with E-state index in [-0.39, 0.29) is 5.91 Å². The van der Waals surface area contributed by atoms with Crippen molar-refractivity contribution in [1.82, 2.24) is 10.3 Å². The first-order chi connectivity index (χ1) is 14.0. The number of aryl methyl sites for hydroxylation is 2. The van der Waals surface area contributed by atoms with Crippen LogP contribution in [-0.4, -0.2) is 16.0 Å². The molecule has 2 aromatic carbocycles. The van der Waals surface area contributed by atoms with Gasteiger partial charge in [-0.15, -0.1) is 11.3 Å². The summed E-state index contributed by atoms with van der Waals surface area (Å²) in [6.45, 7) is 4.36. The monoisotopic (exact) mass is 421 g/mol. The smallest absolute Gasteiger partial charge is 0.281 e. The first-order valence-electron chi connectivity index (χ1n) is 9.08. The van der Waals surface area contributed by atoms with Gasteiger partial charge in [-0.3, -0.25) is 9.69 Å². The Morgan fingerprint density at radius 2 is 1.93 bits per heavy atom. The molecule has 4 rings (SSSR count). The van der Waals surface area contributed by atoms with Crippen molar-refractivity contribution in [3.05, 3.63) is 81.4 Å². The van der Waals surface area contributed by atoms with E-state index in [9.17, 15) is 4.79 Å². The van der Waals surface area contributed by atoms with E-state index in [4.69, 9.17) is 17.0 Å². The number of carbonyl (C=O) groups excluding carboxylic acids is 1. The van der Waals surface area contributed by atoms with Gasteiger partial charge in [-0.25, -0.2) is 4.98 Å². The largest absolute Gasteiger partial charge is 0.487 e. The summed E-state index contributed by atoms with van der Waals surface area (Å²) in [6, 6.07) is 15.2. The van der Waals surface area contributed by atoms with E-state index in [2.05, 4.69) is 10.3 Å². The van der Waals surface area contributed by atoms with Crippen molar-refractivity contribution in [2.24, 2.45) is 0 Å². The highest BCUT2D eigenvalue weighted by atomic mass is 32.1. The number of hydrogen-bond donors (Lipinski definition) is 1. The number of thiocarbonyl (C=S) groups is 1. The lowest BCUT2D eigenvalue weighted by Crippen LogP contribution is -2.30. The minimum Gasteiger partial charge on any atom is -0.487 e. The van der Waals surface area contributed by atoms with Crippen molar-refractivity contribution in [3.8, 4) is 5.75 Å². The van der Waals surface area contributed by atoms with Crippen LogP contribution in [0.3, 0.4) is 0 Å². The van der Waals surface area contributed by atoms with Crippen LogP contribution in [0.4, 0.5) is 5.69 Å². The summed E-state index contributed by atoms with van der Waals surface area (Å²) in [6.07, 6.45) is 1.79. The summed E-state index contributed by atoms with van der Waals surface area (Å²) in [5, 5.41) is 6.43. The minimum atomic E-state index is -0.163. The Bertz CT molecular complexity index is 1100. The zero-order valence-corrected chi connectivity index (χ0v) is 17.6. The normalized spacial score (nSPS) is 15.1. The molecule has 1 aromatic heterocycles. The molecule has 0 spiro atoms. The van der Waals surface area contributed by atoms with Crippen LogP contribution < -0.4 is 15.0 Å². The molecule has 0 aliphatic carbocycles. The molecule has 1 saturated heterocycles. The average molecular weight is 422 g/mol. The Kier molecular flexibility index (Phi) is 5.42. The van der Waals surface area contributed by atoms with Crippen LogP contribution in [0.5, 0.6) is 5.75 Å². The molecule has 3 aromatic rings. The second kappa shape index (κ2) is 8.14. The Morgan fingerprint density at radius 3 is 2.62 bits per heavy atom. The van der Waals surface area contributed by atoms with Crippen molar-refractivity contribution in [3.63, 3.8) is 0 Å². The van der Waals surface area contributed by atoms with Gasteiger partial charge in [0, 0.05) is 5.38 Å². The molecule has 0 unspecified atom stereocenters. The SMILES string of the molecule is Cc1nc(COc2ccc(/C=C3\NC(=S)N(c4ccccc4C)C3=O)cc2)cs1. The maximum atomic E-state index is 12.9. The fourth-order valence-corrected chi connectivity index (χ4v) is 3.92. The zero-order valence-electron chi connectivity index (χ0n) is 16.0. The van der Waals surface area contributed by atoms with Gasteiger partial charge in [0.1, 0.15) is 18.1 Å². The van der Waals surface area contributed by atoms with Gasteiger partial charge in [0.25, 0.3) is 5.91 Å². The quantitative estimate of drug-likeness (QED) is 0.482. The van der Waals surface area contributed by atoms with Crippen LogP contribution in [0, 0.1) is 13.8 Å². The predicted octanol–water partition coefficient (Wildman–Crippen LogP) is 4.60. The standard InChI is InChI=1S/C22H19N3O2S2/c1-14-5-3-4-6-20(14)25-21(26)19(24-22(25)28)11-16-7-9-18(10-8-16)27-12-17-13-29-15(2)23-17/h3-11,13H,12H2,1-2H3,(H,24,28)/b19-11-. The highest BCUT2D eigenvalue weighted by molar-refractivity contribution is 7.80. The Labute approximate surface area is 178 Å². The van der Waals surface area contributed by atoms with Crippen molar-refractivity contribution >= 4 is 46.3 Å². The number of para-hydroxylation sites is 1. The number of ether oxygens (including phenoxy) is 1. The van der Waals surface area contributed by atoms with Crippen molar-refractivity contribution in [2.75, 3.05) is 4.90 Å². The number of benzene rings is 2. The number of rotatable bonds is 5. The van der Waals surface area contributed by atoms with Crippen LogP contribution in [-0.2, 0) is 11.4 Å². The topological polar surface area (TPSA) is 54.5 Å². The maximum Gasteiger partial charge on any atom is 0.281 e. The van der Waals surface area contributed by atoms with Crippen LogP contribution >= 0.6 is 23.6 Å². The van der Waals surface area contributed by atoms with E-state index < -0.39 is 0 Å². The number of nitrogens with zero attached hydrogens (tertiary/aromatic N) is 2. The first kappa shape index (κ1) is 19.3. The number of carbonyl (C=O) groups is 1. The van der Waals surface area contributed by atoms with Gasteiger partial charge in [0.15, 0.2) is 5.11 Å². The van der Waals surface area contributed by atoms with Gasteiger partial charge >= 0.3 is 0 Å². The van der Waals surface area contributed by atoms with E-state index in [1.54, 1.807) is 17.4 Å². The minimum absolute atomic E-state index is 0.163. The zero-order chi connectivity index (χ0) is 20.4. The number of thiazole rings is 1. The molecule has 29 heavy (non-hydrogen) atoms. The van der Waals surface area contributed by atoms with E-state index >= 15 is 0 Å². The molecule has 0 saturated carbocycles. The molecule has 5 nitrogen and oxygen atoms in total. The van der Waals surface area contributed by atoms with Crippen LogP contribution in [0.1, 0.15) is 21.8 Å². The van der Waals surface area contributed by atoms with E-state index in [0.717, 1.165) is 33.3 Å². The average Bonchev–Trinajstić information content (AvgIpc) is 3.25. The molecule has 1 aliphatic heterocycles. The third-order valence-electron chi connectivity index (χ3n) is 4.48. The number of hydrogen-bond acceptors (Lipinski definition) is 5. The Morgan fingerprint density at radius 1 is 1.17 bits per heavy atom. The molecule has 1 fully saturated rings. The highest BCUT2D eigenvalue weighted by Crippen LogP contribution is 2.26. The lowest BCUT2D eigenvalue weighted by atomic mass is 10.1. The van der Waals surface area contributed by atoms with Crippen LogP contribution in [0.25, 0.3) is 6.08 Å². The van der Waals surface area contributed by atoms with Gasteiger partial charge in [-0.1, -0.05) is 30.3 Å². The number of anilines is 1. The molecule has 0 bridgehead atoms. The molecule has 1 N–H and O–H groups in total. The van der Waals surface area contributed by atoms with Crippen molar-refractivity contribution in [1.29, 1.82) is 0 Å². The van der Waals surface area contributed by atoms with Crippen LogP contribution in [0.15, 0.2) is 59.6 Å². The molecule has 7 heteroatoms. The van der Waals surface area contributed by atoms with E-state index in [1.807, 2.05) is 67.8 Å². The second-order valence-corrected chi connectivity index (χ2v) is 8.08. The fraction of sp³-hybridized carbons (Fsp3) is 0.136. The Hall–Kier alpha value is -3.03.